The second-order valence-corrected chi connectivity index (χ2v) is 6.58. The summed E-state index contributed by atoms with van der Waals surface area (Å²) in [6.07, 6.45) is 0. The lowest BCUT2D eigenvalue weighted by molar-refractivity contribution is -0.00848. The number of fused-ring (bicyclic) bond motifs is 1. The number of benzene rings is 1. The molecule has 0 unspecified atom stereocenters. The van der Waals surface area contributed by atoms with Crippen molar-refractivity contribution in [3.8, 4) is 11.5 Å². The Morgan fingerprint density at radius 2 is 0.846 bits per heavy atom. The van der Waals surface area contributed by atoms with E-state index in [1.165, 1.54) is 0 Å². The van der Waals surface area contributed by atoms with E-state index < -0.39 is 0 Å². The molecule has 0 amide bonds. The number of hydrogen-bond acceptors (Lipinski definition) is 6. The lowest BCUT2D eigenvalue weighted by atomic mass is 10.1. The zero-order chi connectivity index (χ0) is 18.5. The third-order valence-electron chi connectivity index (χ3n) is 3.63. The summed E-state index contributed by atoms with van der Waals surface area (Å²) >= 11 is 7.03. The summed E-state index contributed by atoms with van der Waals surface area (Å²) in [5, 5.41) is 1.37. The van der Waals surface area contributed by atoms with Gasteiger partial charge < -0.3 is 28.4 Å². The fourth-order valence-electron chi connectivity index (χ4n) is 2.34. The molecule has 2 rings (SSSR count). The zero-order valence-electron chi connectivity index (χ0n) is 14.8. The Bertz CT molecular complexity index is 470. The quantitative estimate of drug-likeness (QED) is 0.584. The predicted molar refractivity (Wildman–Crippen MR) is 106 cm³/mol. The monoisotopic (exact) mass is 496 g/mol. The molecule has 1 aromatic carbocycles. The smallest absolute Gasteiger partial charge is 0.165 e. The maximum atomic E-state index is 6.00. The van der Waals surface area contributed by atoms with Crippen LogP contribution in [0.2, 0.25) is 0 Å². The second kappa shape index (κ2) is 13.7. The van der Waals surface area contributed by atoms with Crippen molar-refractivity contribution < 1.29 is 28.4 Å². The fourth-order valence-corrected chi connectivity index (χ4v) is 3.22. The van der Waals surface area contributed by atoms with Gasteiger partial charge in [-0.2, -0.15) is 0 Å². The van der Waals surface area contributed by atoms with Gasteiger partial charge in [-0.25, -0.2) is 0 Å². The maximum absolute atomic E-state index is 6.00. The van der Waals surface area contributed by atoms with Crippen molar-refractivity contribution >= 4 is 31.9 Å². The lowest BCUT2D eigenvalue weighted by Crippen LogP contribution is -2.16. The van der Waals surface area contributed by atoms with Gasteiger partial charge in [0.2, 0.25) is 0 Å². The Morgan fingerprint density at radius 1 is 0.538 bits per heavy atom. The van der Waals surface area contributed by atoms with Crippen molar-refractivity contribution in [2.45, 2.75) is 10.7 Å². The van der Waals surface area contributed by atoms with Crippen LogP contribution in [0.3, 0.4) is 0 Å². The van der Waals surface area contributed by atoms with Gasteiger partial charge in [-0.15, -0.1) is 0 Å². The van der Waals surface area contributed by atoms with Crippen LogP contribution in [-0.2, 0) is 29.6 Å². The van der Waals surface area contributed by atoms with Gasteiger partial charge in [0.1, 0.15) is 13.2 Å². The van der Waals surface area contributed by atoms with Crippen LogP contribution in [0.25, 0.3) is 0 Å². The highest BCUT2D eigenvalue weighted by Crippen LogP contribution is 2.37. The molecule has 0 spiro atoms. The fraction of sp³-hybridized carbons (Fsp3) is 0.667. The summed E-state index contributed by atoms with van der Waals surface area (Å²) in [7, 11) is 0. The molecule has 0 saturated heterocycles. The predicted octanol–water partition coefficient (Wildman–Crippen LogP) is 3.31. The lowest BCUT2D eigenvalue weighted by Gasteiger charge is -2.19. The molecule has 0 bridgehead atoms. The summed E-state index contributed by atoms with van der Waals surface area (Å²) in [4.78, 5) is 0. The molecular formula is C18H26Br2O6. The van der Waals surface area contributed by atoms with Gasteiger partial charge in [0.05, 0.1) is 52.9 Å². The van der Waals surface area contributed by atoms with E-state index in [4.69, 9.17) is 28.4 Å². The van der Waals surface area contributed by atoms with E-state index in [9.17, 15) is 0 Å². The molecule has 0 N–H and O–H groups in total. The standard InChI is InChI=1S/C18H26Br2O6/c19-13-15-1-2-16(14-20)18-17(15)25-11-9-23-7-5-21-3-4-22-6-8-24-10-12-26-18/h1-2H,3-14H2. The third-order valence-corrected chi connectivity index (χ3v) is 4.84. The minimum Gasteiger partial charge on any atom is -0.487 e. The first kappa shape index (κ1) is 21.9. The molecule has 8 heteroatoms. The minimum absolute atomic E-state index is 0.446. The van der Waals surface area contributed by atoms with Crippen molar-refractivity contribution in [2.75, 3.05) is 66.1 Å². The molecule has 0 fully saturated rings. The molecule has 1 heterocycles. The largest absolute Gasteiger partial charge is 0.487 e. The molecule has 1 aliphatic rings. The van der Waals surface area contributed by atoms with E-state index in [2.05, 4.69) is 31.9 Å². The van der Waals surface area contributed by atoms with E-state index in [-0.39, 0.29) is 0 Å². The summed E-state index contributed by atoms with van der Waals surface area (Å²) in [6, 6.07) is 4.09. The van der Waals surface area contributed by atoms with Crippen LogP contribution in [0.1, 0.15) is 11.1 Å². The number of rotatable bonds is 2. The molecule has 26 heavy (non-hydrogen) atoms. The van der Waals surface area contributed by atoms with Gasteiger partial charge >= 0.3 is 0 Å². The molecule has 1 aromatic rings. The Morgan fingerprint density at radius 3 is 1.15 bits per heavy atom. The maximum Gasteiger partial charge on any atom is 0.165 e. The molecule has 0 aliphatic carbocycles. The molecular weight excluding hydrogens is 472 g/mol. The molecule has 0 atom stereocenters. The number of halogens is 2. The van der Waals surface area contributed by atoms with Gasteiger partial charge in [0.25, 0.3) is 0 Å². The topological polar surface area (TPSA) is 55.4 Å². The van der Waals surface area contributed by atoms with Gasteiger partial charge in [-0.05, 0) is 0 Å². The average Bonchev–Trinajstić information content (AvgIpc) is 2.67. The number of ether oxygens (including phenoxy) is 6. The van der Waals surface area contributed by atoms with Crippen LogP contribution < -0.4 is 9.47 Å². The Kier molecular flexibility index (Phi) is 11.6. The van der Waals surface area contributed by atoms with Crippen LogP contribution in [0.4, 0.5) is 0 Å². The summed E-state index contributed by atoms with van der Waals surface area (Å²) in [5.41, 5.74) is 2.08. The number of alkyl halides is 2. The van der Waals surface area contributed by atoms with Crippen LogP contribution in [0.15, 0.2) is 12.1 Å². The van der Waals surface area contributed by atoms with Crippen LogP contribution in [0.5, 0.6) is 11.5 Å². The highest BCUT2D eigenvalue weighted by atomic mass is 79.9. The highest BCUT2D eigenvalue weighted by molar-refractivity contribution is 9.08. The van der Waals surface area contributed by atoms with E-state index in [1.54, 1.807) is 0 Å². The number of hydrogen-bond donors (Lipinski definition) is 0. The zero-order valence-corrected chi connectivity index (χ0v) is 18.0. The molecule has 0 aromatic heterocycles. The molecule has 6 nitrogen and oxygen atoms in total. The van der Waals surface area contributed by atoms with E-state index in [0.717, 1.165) is 22.6 Å². The first-order valence-corrected chi connectivity index (χ1v) is 10.9. The van der Waals surface area contributed by atoms with Gasteiger partial charge in [0.15, 0.2) is 11.5 Å². The minimum atomic E-state index is 0.446. The van der Waals surface area contributed by atoms with Crippen LogP contribution in [0, 0.1) is 0 Å². The first-order valence-electron chi connectivity index (χ1n) is 8.70. The van der Waals surface area contributed by atoms with Crippen molar-refractivity contribution in [3.63, 3.8) is 0 Å². The molecule has 0 radical (unpaired) electrons. The van der Waals surface area contributed by atoms with Crippen molar-refractivity contribution in [3.05, 3.63) is 23.3 Å². The normalized spacial score (nSPS) is 18.7. The first-order chi connectivity index (χ1) is 12.9. The summed E-state index contributed by atoms with van der Waals surface area (Å²) < 4.78 is 34.0. The van der Waals surface area contributed by atoms with Crippen molar-refractivity contribution in [2.24, 2.45) is 0 Å². The average molecular weight is 498 g/mol. The van der Waals surface area contributed by atoms with Gasteiger partial charge in [-0.1, -0.05) is 44.0 Å². The van der Waals surface area contributed by atoms with Crippen molar-refractivity contribution in [1.29, 1.82) is 0 Å². The highest BCUT2D eigenvalue weighted by Gasteiger charge is 2.16. The van der Waals surface area contributed by atoms with E-state index in [0.29, 0.717) is 76.7 Å². The third kappa shape index (κ3) is 7.70. The molecule has 0 saturated carbocycles. The van der Waals surface area contributed by atoms with Crippen molar-refractivity contribution in [1.82, 2.24) is 0 Å². The summed E-state index contributed by atoms with van der Waals surface area (Å²) in [6.45, 7) is 5.13. The van der Waals surface area contributed by atoms with E-state index >= 15 is 0 Å². The Hall–Kier alpha value is -0.380. The summed E-state index contributed by atoms with van der Waals surface area (Å²) in [5.74, 6) is 1.51. The second-order valence-electron chi connectivity index (χ2n) is 5.46. The van der Waals surface area contributed by atoms with E-state index in [1.807, 2.05) is 12.1 Å². The Balaban J connectivity index is 2.03. The van der Waals surface area contributed by atoms with Gasteiger partial charge in [0, 0.05) is 21.8 Å². The van der Waals surface area contributed by atoms with Gasteiger partial charge in [-0.3, -0.25) is 0 Å². The SMILES string of the molecule is BrCc1ccc(CBr)c2c1OCCOCCOCCOCCOCCO2. The van der Waals surface area contributed by atoms with Crippen LogP contribution >= 0.6 is 31.9 Å². The Labute approximate surface area is 171 Å². The molecule has 148 valence electrons. The van der Waals surface area contributed by atoms with Crippen LogP contribution in [-0.4, -0.2) is 66.1 Å². The molecule has 1 aliphatic heterocycles.